The quantitative estimate of drug-likeness (QED) is 0.507. The van der Waals surface area contributed by atoms with Crippen LogP contribution in [0, 0.1) is 0 Å². The zero-order valence-electron chi connectivity index (χ0n) is 7.76. The van der Waals surface area contributed by atoms with Gasteiger partial charge < -0.3 is 16.1 Å². The van der Waals surface area contributed by atoms with Gasteiger partial charge in [-0.05, 0) is 12.1 Å². The second-order valence-electron chi connectivity index (χ2n) is 2.26. The van der Waals surface area contributed by atoms with Gasteiger partial charge in [-0.15, -0.1) is 11.8 Å². The Labute approximate surface area is 103 Å². The number of thioether (sulfide) groups is 1. The number of hydrogen-bond donors (Lipinski definition) is 1. The van der Waals surface area contributed by atoms with E-state index in [1.54, 1.807) is 17.8 Å². The van der Waals surface area contributed by atoms with Crippen molar-refractivity contribution in [1.82, 2.24) is 0 Å². The zero-order chi connectivity index (χ0) is 8.81. The predicted octanol–water partition coefficient (Wildman–Crippen LogP) is 1.34. The number of benzene rings is 1. The Morgan fingerprint density at radius 1 is 1.33 bits per heavy atom. The van der Waals surface area contributed by atoms with Crippen LogP contribution < -0.4 is 0 Å². The molecule has 1 rings (SSSR count). The first-order valence-electron chi connectivity index (χ1n) is 3.65. The fourth-order valence-corrected chi connectivity index (χ4v) is 1.56. The minimum Gasteiger partial charge on any atom is -2.00 e. The fourth-order valence-electron chi connectivity index (χ4n) is 0.841. The van der Waals surface area contributed by atoms with Crippen molar-refractivity contribution >= 4 is 18.0 Å². The summed E-state index contributed by atoms with van der Waals surface area (Å²) in [4.78, 5) is 11.4. The molecular formula is C9H10MnO4S-4. The third-order valence-electron chi connectivity index (χ3n) is 1.35. The maximum atomic E-state index is 10.4. The van der Waals surface area contributed by atoms with E-state index < -0.39 is 0 Å². The summed E-state index contributed by atoms with van der Waals surface area (Å²) < 4.78 is 0. The van der Waals surface area contributed by atoms with Crippen LogP contribution in [0.2, 0.25) is 0 Å². The topological polar surface area (TPSA) is 94.3 Å². The molecule has 0 amide bonds. The van der Waals surface area contributed by atoms with Crippen LogP contribution in [0.3, 0.4) is 0 Å². The molecule has 0 aliphatic carbocycles. The number of aldehydes is 1. The van der Waals surface area contributed by atoms with Gasteiger partial charge in [0.2, 0.25) is 0 Å². The molecule has 0 bridgehead atoms. The van der Waals surface area contributed by atoms with Crippen LogP contribution >= 0.6 is 11.8 Å². The van der Waals surface area contributed by atoms with Crippen LogP contribution in [-0.2, 0) is 28.0 Å². The van der Waals surface area contributed by atoms with Crippen molar-refractivity contribution in [2.45, 2.75) is 4.90 Å². The van der Waals surface area contributed by atoms with E-state index >= 15 is 0 Å². The molecule has 1 aromatic carbocycles. The number of aliphatic hydroxyl groups excluding tert-OH is 1. The summed E-state index contributed by atoms with van der Waals surface area (Å²) in [6.45, 7) is 0.163. The van der Waals surface area contributed by atoms with E-state index in [1.807, 2.05) is 18.2 Å². The van der Waals surface area contributed by atoms with Gasteiger partial charge in [0.05, 0.1) is 6.61 Å². The number of hydrogen-bond acceptors (Lipinski definition) is 3. The summed E-state index contributed by atoms with van der Waals surface area (Å²) in [5, 5.41) is 8.56. The zero-order valence-corrected chi connectivity index (χ0v) is 9.76. The first-order valence-corrected chi connectivity index (χ1v) is 4.64. The molecule has 0 saturated carbocycles. The van der Waals surface area contributed by atoms with Gasteiger partial charge in [0.1, 0.15) is 6.29 Å². The summed E-state index contributed by atoms with van der Waals surface area (Å²) in [5.41, 5.74) is 0.679. The second-order valence-corrected chi connectivity index (χ2v) is 3.43. The first kappa shape index (κ1) is 20.1. The van der Waals surface area contributed by atoms with Gasteiger partial charge in [0.25, 0.3) is 0 Å². The molecule has 15 heavy (non-hydrogen) atoms. The summed E-state index contributed by atoms with van der Waals surface area (Å²) >= 11 is 1.54. The van der Waals surface area contributed by atoms with Crippen molar-refractivity contribution < 1.29 is 37.9 Å². The van der Waals surface area contributed by atoms with Crippen LogP contribution in [0.1, 0.15) is 10.4 Å². The van der Waals surface area contributed by atoms with Gasteiger partial charge in [-0.2, -0.15) is 0 Å². The van der Waals surface area contributed by atoms with Crippen molar-refractivity contribution in [3.63, 3.8) is 0 Å². The minimum absolute atomic E-state index is 0. The van der Waals surface area contributed by atoms with E-state index in [-0.39, 0.29) is 34.6 Å². The molecule has 0 saturated heterocycles. The van der Waals surface area contributed by atoms with E-state index in [9.17, 15) is 4.79 Å². The summed E-state index contributed by atoms with van der Waals surface area (Å²) in [6, 6.07) is 7.33. The Hall–Kier alpha value is -0.361. The predicted molar refractivity (Wildman–Crippen MR) is 51.0 cm³/mol. The van der Waals surface area contributed by atoms with Crippen molar-refractivity contribution in [2.24, 2.45) is 0 Å². The molecule has 0 heterocycles. The van der Waals surface area contributed by atoms with E-state index in [1.165, 1.54) is 0 Å². The van der Waals surface area contributed by atoms with E-state index in [0.29, 0.717) is 11.3 Å². The Bertz CT molecular complexity index is 270. The molecule has 0 atom stereocenters. The average molecular weight is 269 g/mol. The number of rotatable bonds is 4. The molecule has 1 radical (unpaired) electrons. The Balaban J connectivity index is -0.000000480. The molecule has 1 aromatic rings. The summed E-state index contributed by atoms with van der Waals surface area (Å²) in [5.74, 6) is 0.669. The Morgan fingerprint density at radius 2 is 2.00 bits per heavy atom. The van der Waals surface area contributed by atoms with Gasteiger partial charge in [0, 0.05) is 33.3 Å². The molecule has 6 heteroatoms. The molecule has 87 valence electrons. The molecule has 0 aliphatic heterocycles. The van der Waals surface area contributed by atoms with E-state index in [2.05, 4.69) is 0 Å². The Kier molecular flexibility index (Phi) is 15.7. The Morgan fingerprint density at radius 3 is 2.53 bits per heavy atom. The molecule has 0 unspecified atom stereocenters. The SMILES string of the molecule is O=Cc1cccc(SCCO)c1.[Mn].[O-2].[O-2]. The van der Waals surface area contributed by atoms with E-state index in [4.69, 9.17) is 5.11 Å². The fraction of sp³-hybridized carbons (Fsp3) is 0.222. The van der Waals surface area contributed by atoms with Gasteiger partial charge >= 0.3 is 0 Å². The monoisotopic (exact) mass is 269 g/mol. The first-order chi connectivity index (χ1) is 5.86. The minimum atomic E-state index is 0. The largest absolute Gasteiger partial charge is 2.00 e. The molecule has 1 N–H and O–H groups in total. The van der Waals surface area contributed by atoms with Crippen LogP contribution in [0.4, 0.5) is 0 Å². The molecular weight excluding hydrogens is 259 g/mol. The third-order valence-corrected chi connectivity index (χ3v) is 2.33. The molecule has 0 fully saturated rings. The molecule has 0 aliphatic rings. The standard InChI is InChI=1S/C9H10O2S.Mn.2O/c10-4-5-12-9-3-1-2-8(6-9)7-11;;;/h1-3,6-7,10H,4-5H2;;;/q;;2*-2. The average Bonchev–Trinajstić information content (AvgIpc) is 2.15. The number of carbonyl (C=O) groups is 1. The van der Waals surface area contributed by atoms with Gasteiger partial charge in [-0.25, -0.2) is 0 Å². The number of carbonyl (C=O) groups excluding carboxylic acids is 1. The van der Waals surface area contributed by atoms with E-state index in [0.717, 1.165) is 11.2 Å². The molecule has 4 nitrogen and oxygen atoms in total. The maximum absolute atomic E-state index is 10.4. The summed E-state index contributed by atoms with van der Waals surface area (Å²) in [6.07, 6.45) is 0.822. The van der Waals surface area contributed by atoms with Crippen molar-refractivity contribution in [3.05, 3.63) is 29.8 Å². The van der Waals surface area contributed by atoms with Crippen LogP contribution in [0.15, 0.2) is 29.2 Å². The maximum Gasteiger partial charge on any atom is 0.150 e. The van der Waals surface area contributed by atoms with Crippen molar-refractivity contribution in [2.75, 3.05) is 12.4 Å². The molecule has 0 spiro atoms. The number of aliphatic hydroxyl groups is 1. The summed E-state index contributed by atoms with van der Waals surface area (Å²) in [7, 11) is 0. The van der Waals surface area contributed by atoms with Crippen molar-refractivity contribution in [1.29, 1.82) is 0 Å². The van der Waals surface area contributed by atoms with Gasteiger partial charge in [-0.1, -0.05) is 12.1 Å². The van der Waals surface area contributed by atoms with Gasteiger partial charge in [-0.3, -0.25) is 4.79 Å². The van der Waals surface area contributed by atoms with Crippen LogP contribution in [-0.4, -0.2) is 23.8 Å². The van der Waals surface area contributed by atoms with Crippen molar-refractivity contribution in [3.8, 4) is 0 Å². The normalized spacial score (nSPS) is 7.80. The van der Waals surface area contributed by atoms with Gasteiger partial charge in [0.15, 0.2) is 0 Å². The van der Waals surface area contributed by atoms with Crippen LogP contribution in [0.5, 0.6) is 0 Å². The third kappa shape index (κ3) is 7.55. The second kappa shape index (κ2) is 11.7. The molecule has 0 aromatic heterocycles. The van der Waals surface area contributed by atoms with Crippen LogP contribution in [0.25, 0.3) is 0 Å². The smallest absolute Gasteiger partial charge is 0.150 e.